The lowest BCUT2D eigenvalue weighted by Gasteiger charge is -2.34. The molecule has 1 N–H and O–H groups in total. The van der Waals surface area contributed by atoms with E-state index in [1.54, 1.807) is 11.7 Å². The second-order valence-corrected chi connectivity index (χ2v) is 6.53. The second-order valence-electron chi connectivity index (χ2n) is 6.53. The van der Waals surface area contributed by atoms with Gasteiger partial charge in [-0.15, -0.1) is 0 Å². The Morgan fingerprint density at radius 3 is 2.96 bits per heavy atom. The van der Waals surface area contributed by atoms with E-state index < -0.39 is 0 Å². The standard InChI is InChI=1S/C17H26N6O2/c1-12(2)15-7-14(25-21-15)9-19-17(18-3)23-5-6-24-16(11-23)13-8-20-22(4)10-13/h7-8,10,12,16H,5-6,9,11H2,1-4H3,(H,18,19). The van der Waals surface area contributed by atoms with Gasteiger partial charge in [-0.2, -0.15) is 5.10 Å². The summed E-state index contributed by atoms with van der Waals surface area (Å²) in [6.45, 7) is 6.94. The molecule has 0 spiro atoms. The summed E-state index contributed by atoms with van der Waals surface area (Å²) < 4.78 is 13.1. The monoisotopic (exact) mass is 346 g/mol. The van der Waals surface area contributed by atoms with Crippen LogP contribution in [0.15, 0.2) is 28.0 Å². The lowest BCUT2D eigenvalue weighted by atomic mass is 10.1. The van der Waals surface area contributed by atoms with Gasteiger partial charge >= 0.3 is 0 Å². The Labute approximate surface area is 147 Å². The number of morpholine rings is 1. The average Bonchev–Trinajstić information content (AvgIpc) is 3.25. The van der Waals surface area contributed by atoms with Crippen molar-refractivity contribution in [2.24, 2.45) is 12.0 Å². The van der Waals surface area contributed by atoms with E-state index >= 15 is 0 Å². The molecular formula is C17H26N6O2. The molecule has 8 heteroatoms. The minimum atomic E-state index is -0.00109. The number of nitrogens with one attached hydrogen (secondary N) is 1. The summed E-state index contributed by atoms with van der Waals surface area (Å²) in [5.74, 6) is 2.00. The Morgan fingerprint density at radius 2 is 2.32 bits per heavy atom. The van der Waals surface area contributed by atoms with Crippen LogP contribution in [0.1, 0.15) is 42.9 Å². The van der Waals surface area contributed by atoms with Gasteiger partial charge in [0, 0.05) is 38.5 Å². The highest BCUT2D eigenvalue weighted by Gasteiger charge is 2.25. The lowest BCUT2D eigenvalue weighted by molar-refractivity contribution is -0.00808. The van der Waals surface area contributed by atoms with E-state index in [-0.39, 0.29) is 6.10 Å². The minimum absolute atomic E-state index is 0.00109. The second kappa shape index (κ2) is 7.69. The maximum Gasteiger partial charge on any atom is 0.194 e. The van der Waals surface area contributed by atoms with Gasteiger partial charge in [0.25, 0.3) is 0 Å². The van der Waals surface area contributed by atoms with Gasteiger partial charge < -0.3 is 19.5 Å². The van der Waals surface area contributed by atoms with Gasteiger partial charge in [-0.05, 0) is 5.92 Å². The molecule has 3 rings (SSSR count). The van der Waals surface area contributed by atoms with Crippen molar-refractivity contribution in [3.63, 3.8) is 0 Å². The van der Waals surface area contributed by atoms with Gasteiger partial charge in [0.15, 0.2) is 11.7 Å². The molecule has 3 heterocycles. The first kappa shape index (κ1) is 17.5. The van der Waals surface area contributed by atoms with Crippen molar-refractivity contribution in [3.8, 4) is 0 Å². The quantitative estimate of drug-likeness (QED) is 0.670. The van der Waals surface area contributed by atoms with Crippen LogP contribution in [-0.2, 0) is 18.3 Å². The van der Waals surface area contributed by atoms with Crippen molar-refractivity contribution in [3.05, 3.63) is 35.5 Å². The number of aromatic nitrogens is 3. The zero-order valence-corrected chi connectivity index (χ0v) is 15.3. The number of nitrogens with zero attached hydrogens (tertiary/aromatic N) is 5. The highest BCUT2D eigenvalue weighted by molar-refractivity contribution is 5.80. The van der Waals surface area contributed by atoms with Gasteiger partial charge in [-0.3, -0.25) is 9.67 Å². The van der Waals surface area contributed by atoms with Crippen molar-refractivity contribution in [2.75, 3.05) is 26.7 Å². The highest BCUT2D eigenvalue weighted by Crippen LogP contribution is 2.21. The summed E-state index contributed by atoms with van der Waals surface area (Å²) >= 11 is 0. The zero-order chi connectivity index (χ0) is 17.8. The van der Waals surface area contributed by atoms with Gasteiger partial charge in [0.2, 0.25) is 0 Å². The van der Waals surface area contributed by atoms with Gasteiger partial charge in [-0.25, -0.2) is 0 Å². The maximum atomic E-state index is 5.89. The highest BCUT2D eigenvalue weighted by atomic mass is 16.5. The summed E-state index contributed by atoms with van der Waals surface area (Å²) in [7, 11) is 3.70. The molecule has 136 valence electrons. The number of hydrogen-bond acceptors (Lipinski definition) is 5. The summed E-state index contributed by atoms with van der Waals surface area (Å²) in [5.41, 5.74) is 2.05. The number of ether oxygens (including phenoxy) is 1. The Bertz CT molecular complexity index is 720. The van der Waals surface area contributed by atoms with Crippen molar-refractivity contribution >= 4 is 5.96 Å². The lowest BCUT2D eigenvalue weighted by Crippen LogP contribution is -2.47. The summed E-state index contributed by atoms with van der Waals surface area (Å²) in [5, 5.41) is 11.7. The molecule has 0 amide bonds. The third kappa shape index (κ3) is 4.19. The van der Waals surface area contributed by atoms with Crippen LogP contribution in [0.4, 0.5) is 0 Å². The zero-order valence-electron chi connectivity index (χ0n) is 15.3. The minimum Gasteiger partial charge on any atom is -0.370 e. The van der Waals surface area contributed by atoms with E-state index in [0.717, 1.165) is 36.1 Å². The first-order valence-corrected chi connectivity index (χ1v) is 8.58. The fourth-order valence-electron chi connectivity index (χ4n) is 2.83. The van der Waals surface area contributed by atoms with Crippen LogP contribution in [0.25, 0.3) is 0 Å². The molecule has 2 aromatic rings. The van der Waals surface area contributed by atoms with Crippen LogP contribution in [0, 0.1) is 0 Å². The van der Waals surface area contributed by atoms with E-state index in [0.29, 0.717) is 19.1 Å². The molecule has 0 bridgehead atoms. The smallest absolute Gasteiger partial charge is 0.194 e. The van der Waals surface area contributed by atoms with E-state index in [1.807, 2.05) is 25.5 Å². The van der Waals surface area contributed by atoms with Gasteiger partial charge in [0.1, 0.15) is 6.10 Å². The molecule has 25 heavy (non-hydrogen) atoms. The fourth-order valence-corrected chi connectivity index (χ4v) is 2.83. The topological polar surface area (TPSA) is 80.7 Å². The third-order valence-corrected chi connectivity index (χ3v) is 4.26. The first-order valence-electron chi connectivity index (χ1n) is 8.58. The molecule has 0 aliphatic carbocycles. The van der Waals surface area contributed by atoms with Crippen LogP contribution in [0.2, 0.25) is 0 Å². The summed E-state index contributed by atoms with van der Waals surface area (Å²) in [4.78, 5) is 6.59. The molecule has 0 aromatic carbocycles. The van der Waals surface area contributed by atoms with Crippen LogP contribution in [0.3, 0.4) is 0 Å². The number of guanidine groups is 1. The van der Waals surface area contributed by atoms with E-state index in [1.165, 1.54) is 0 Å². The van der Waals surface area contributed by atoms with E-state index in [4.69, 9.17) is 9.26 Å². The van der Waals surface area contributed by atoms with Crippen LogP contribution < -0.4 is 5.32 Å². The molecule has 1 aliphatic rings. The van der Waals surface area contributed by atoms with Gasteiger partial charge in [-0.1, -0.05) is 19.0 Å². The van der Waals surface area contributed by atoms with Crippen molar-refractivity contribution < 1.29 is 9.26 Å². The Hall–Kier alpha value is -2.35. The third-order valence-electron chi connectivity index (χ3n) is 4.26. The molecule has 8 nitrogen and oxygen atoms in total. The first-order chi connectivity index (χ1) is 12.1. The summed E-state index contributed by atoms with van der Waals surface area (Å²) in [6.07, 6.45) is 3.84. The summed E-state index contributed by atoms with van der Waals surface area (Å²) in [6, 6.07) is 1.99. The Morgan fingerprint density at radius 1 is 1.48 bits per heavy atom. The van der Waals surface area contributed by atoms with Crippen LogP contribution in [-0.4, -0.2) is 52.5 Å². The fraction of sp³-hybridized carbons (Fsp3) is 0.588. The SMILES string of the molecule is CN=C(NCc1cc(C(C)C)no1)N1CCOC(c2cnn(C)c2)C1. The largest absolute Gasteiger partial charge is 0.370 e. The predicted octanol–water partition coefficient (Wildman–Crippen LogP) is 1.68. The van der Waals surface area contributed by atoms with E-state index in [9.17, 15) is 0 Å². The number of hydrogen-bond donors (Lipinski definition) is 1. The molecule has 1 aliphatic heterocycles. The Kier molecular flexibility index (Phi) is 5.37. The molecule has 1 fully saturated rings. The number of rotatable bonds is 4. The molecule has 1 unspecified atom stereocenters. The van der Waals surface area contributed by atoms with Crippen LogP contribution in [0.5, 0.6) is 0 Å². The predicted molar refractivity (Wildman–Crippen MR) is 94.3 cm³/mol. The normalized spacial score (nSPS) is 18.8. The van der Waals surface area contributed by atoms with Gasteiger partial charge in [0.05, 0.1) is 31.6 Å². The molecule has 0 saturated carbocycles. The number of aryl methyl sites for hydroxylation is 1. The Balaban J connectivity index is 1.60. The molecule has 2 aromatic heterocycles. The van der Waals surface area contributed by atoms with Crippen molar-refractivity contribution in [2.45, 2.75) is 32.4 Å². The van der Waals surface area contributed by atoms with E-state index in [2.05, 4.69) is 39.3 Å². The maximum absolute atomic E-state index is 5.89. The van der Waals surface area contributed by atoms with Crippen molar-refractivity contribution in [1.82, 2.24) is 25.2 Å². The molecule has 1 atom stereocenters. The molecule has 1 saturated heterocycles. The number of aliphatic imine (C=N–C) groups is 1. The van der Waals surface area contributed by atoms with Crippen molar-refractivity contribution in [1.29, 1.82) is 0 Å². The molecule has 0 radical (unpaired) electrons. The average molecular weight is 346 g/mol. The molecular weight excluding hydrogens is 320 g/mol. The van der Waals surface area contributed by atoms with Crippen LogP contribution >= 0.6 is 0 Å².